The minimum Gasteiger partial charge on any atom is -0.311 e. The van der Waals surface area contributed by atoms with Crippen molar-refractivity contribution in [3.63, 3.8) is 0 Å². The molecule has 1 amide bonds. The fraction of sp³-hybridized carbons (Fsp3) is 0.278. The molecule has 2 aromatic rings. The molecule has 24 heavy (non-hydrogen) atoms. The minimum atomic E-state index is -0.403. The van der Waals surface area contributed by atoms with Gasteiger partial charge in [-0.25, -0.2) is 0 Å². The van der Waals surface area contributed by atoms with Gasteiger partial charge in [0, 0.05) is 30.4 Å². The molecular weight excluding hydrogens is 306 g/mol. The number of aryl methyl sites for hydroxylation is 1. The fourth-order valence-corrected chi connectivity index (χ4v) is 3.03. The van der Waals surface area contributed by atoms with Crippen molar-refractivity contribution in [3.05, 3.63) is 69.8 Å². The van der Waals surface area contributed by atoms with Crippen molar-refractivity contribution >= 4 is 17.3 Å². The Hall–Kier alpha value is -2.73. The Labute approximate surface area is 140 Å². The van der Waals surface area contributed by atoms with Gasteiger partial charge in [-0.05, 0) is 24.5 Å². The van der Waals surface area contributed by atoms with E-state index in [0.29, 0.717) is 18.7 Å². The monoisotopic (exact) mass is 325 g/mol. The normalized spacial score (nSPS) is 13.4. The van der Waals surface area contributed by atoms with Crippen LogP contribution in [0.1, 0.15) is 17.5 Å². The SMILES string of the molecule is O=C(CNCc1ccccc1[N+](=O)[O-])N1CCCc2ccccc21. The maximum Gasteiger partial charge on any atom is 0.273 e. The molecule has 0 bridgehead atoms. The van der Waals surface area contributed by atoms with Crippen molar-refractivity contribution in [2.24, 2.45) is 0 Å². The molecule has 0 unspecified atom stereocenters. The lowest BCUT2D eigenvalue weighted by Gasteiger charge is -2.29. The minimum absolute atomic E-state index is 0.0132. The summed E-state index contributed by atoms with van der Waals surface area (Å²) in [5.41, 5.74) is 2.81. The number of hydrogen-bond acceptors (Lipinski definition) is 4. The van der Waals surface area contributed by atoms with Crippen molar-refractivity contribution in [3.8, 4) is 0 Å². The second-order valence-corrected chi connectivity index (χ2v) is 5.77. The number of anilines is 1. The van der Waals surface area contributed by atoms with Gasteiger partial charge >= 0.3 is 0 Å². The first-order chi connectivity index (χ1) is 11.7. The first-order valence-electron chi connectivity index (χ1n) is 7.98. The molecule has 1 N–H and O–H groups in total. The van der Waals surface area contributed by atoms with E-state index in [1.165, 1.54) is 11.6 Å². The summed E-state index contributed by atoms with van der Waals surface area (Å²) >= 11 is 0. The molecule has 2 aromatic carbocycles. The summed E-state index contributed by atoms with van der Waals surface area (Å²) in [6, 6.07) is 14.5. The number of carbonyl (C=O) groups is 1. The Kier molecular flexibility index (Phi) is 4.86. The quantitative estimate of drug-likeness (QED) is 0.677. The Morgan fingerprint density at radius 2 is 1.92 bits per heavy atom. The van der Waals surface area contributed by atoms with E-state index in [1.54, 1.807) is 23.1 Å². The summed E-state index contributed by atoms with van der Waals surface area (Å²) in [6.07, 6.45) is 1.94. The van der Waals surface area contributed by atoms with Crippen molar-refractivity contribution in [2.45, 2.75) is 19.4 Å². The van der Waals surface area contributed by atoms with Crippen LogP contribution in [0.3, 0.4) is 0 Å². The topological polar surface area (TPSA) is 75.5 Å². The Bertz CT molecular complexity index is 761. The number of nitro benzene ring substituents is 1. The zero-order chi connectivity index (χ0) is 16.9. The van der Waals surface area contributed by atoms with E-state index in [4.69, 9.17) is 0 Å². The predicted octanol–water partition coefficient (Wildman–Crippen LogP) is 2.66. The molecule has 6 heteroatoms. The number of nitrogens with zero attached hydrogens (tertiary/aromatic N) is 2. The van der Waals surface area contributed by atoms with Gasteiger partial charge in [-0.1, -0.05) is 36.4 Å². The smallest absolute Gasteiger partial charge is 0.273 e. The maximum absolute atomic E-state index is 12.5. The number of fused-ring (bicyclic) bond motifs is 1. The van der Waals surface area contributed by atoms with Crippen molar-refractivity contribution < 1.29 is 9.72 Å². The van der Waals surface area contributed by atoms with Crippen LogP contribution in [0.5, 0.6) is 0 Å². The van der Waals surface area contributed by atoms with E-state index < -0.39 is 4.92 Å². The number of nitro groups is 1. The lowest BCUT2D eigenvalue weighted by Crippen LogP contribution is -2.41. The van der Waals surface area contributed by atoms with Crippen LogP contribution in [0.25, 0.3) is 0 Å². The Morgan fingerprint density at radius 1 is 1.17 bits per heavy atom. The second-order valence-electron chi connectivity index (χ2n) is 5.77. The van der Waals surface area contributed by atoms with E-state index in [0.717, 1.165) is 18.5 Å². The van der Waals surface area contributed by atoms with Crippen LogP contribution in [0.4, 0.5) is 11.4 Å². The molecule has 124 valence electrons. The van der Waals surface area contributed by atoms with E-state index in [-0.39, 0.29) is 18.1 Å². The van der Waals surface area contributed by atoms with E-state index >= 15 is 0 Å². The highest BCUT2D eigenvalue weighted by molar-refractivity contribution is 5.95. The van der Waals surface area contributed by atoms with Crippen LogP contribution in [-0.4, -0.2) is 23.9 Å². The molecule has 0 aliphatic carbocycles. The van der Waals surface area contributed by atoms with Gasteiger partial charge in [-0.15, -0.1) is 0 Å². The Balaban J connectivity index is 1.62. The summed E-state index contributed by atoms with van der Waals surface area (Å²) in [4.78, 5) is 24.9. The molecule has 0 fully saturated rings. The summed E-state index contributed by atoms with van der Waals surface area (Å²) in [6.45, 7) is 1.15. The highest BCUT2D eigenvalue weighted by Crippen LogP contribution is 2.26. The highest BCUT2D eigenvalue weighted by atomic mass is 16.6. The molecule has 0 radical (unpaired) electrons. The van der Waals surface area contributed by atoms with Crippen molar-refractivity contribution in [1.29, 1.82) is 0 Å². The van der Waals surface area contributed by atoms with E-state index in [1.807, 2.05) is 18.2 Å². The van der Waals surface area contributed by atoms with Gasteiger partial charge in [-0.3, -0.25) is 14.9 Å². The molecule has 0 spiro atoms. The number of para-hydroxylation sites is 2. The lowest BCUT2D eigenvalue weighted by atomic mass is 10.0. The third-order valence-corrected chi connectivity index (χ3v) is 4.19. The third kappa shape index (κ3) is 3.44. The second kappa shape index (κ2) is 7.23. The van der Waals surface area contributed by atoms with Gasteiger partial charge in [-0.2, -0.15) is 0 Å². The molecule has 0 atom stereocenters. The molecule has 0 saturated carbocycles. The van der Waals surface area contributed by atoms with Crippen LogP contribution in [-0.2, 0) is 17.8 Å². The lowest BCUT2D eigenvalue weighted by molar-refractivity contribution is -0.385. The van der Waals surface area contributed by atoms with Crippen LogP contribution >= 0.6 is 0 Å². The molecule has 6 nitrogen and oxygen atoms in total. The van der Waals surface area contributed by atoms with Crippen LogP contribution < -0.4 is 10.2 Å². The maximum atomic E-state index is 12.5. The molecule has 1 aliphatic rings. The molecule has 0 saturated heterocycles. The van der Waals surface area contributed by atoms with Crippen LogP contribution in [0, 0.1) is 10.1 Å². The largest absolute Gasteiger partial charge is 0.311 e. The molecule has 1 aliphatic heterocycles. The predicted molar refractivity (Wildman–Crippen MR) is 91.9 cm³/mol. The first-order valence-corrected chi connectivity index (χ1v) is 7.98. The van der Waals surface area contributed by atoms with E-state index in [2.05, 4.69) is 11.4 Å². The summed E-state index contributed by atoms with van der Waals surface area (Å²) in [7, 11) is 0. The third-order valence-electron chi connectivity index (χ3n) is 4.19. The van der Waals surface area contributed by atoms with Crippen molar-refractivity contribution in [1.82, 2.24) is 5.32 Å². The summed E-state index contributed by atoms with van der Waals surface area (Å²) in [5, 5.41) is 14.0. The number of rotatable bonds is 5. The molecule has 0 aromatic heterocycles. The standard InChI is InChI=1S/C18H19N3O3/c22-18(20-11-5-8-14-6-1-3-9-16(14)20)13-19-12-15-7-2-4-10-17(15)21(23)24/h1-4,6-7,9-10,19H,5,8,11-13H2. The number of hydrogen-bond donors (Lipinski definition) is 1. The molecular formula is C18H19N3O3. The average Bonchev–Trinajstić information content (AvgIpc) is 2.61. The van der Waals surface area contributed by atoms with Crippen molar-refractivity contribution in [2.75, 3.05) is 18.0 Å². The van der Waals surface area contributed by atoms with Gasteiger partial charge in [0.05, 0.1) is 11.5 Å². The molecule has 3 rings (SSSR count). The average molecular weight is 325 g/mol. The van der Waals surface area contributed by atoms with Crippen LogP contribution in [0.15, 0.2) is 48.5 Å². The van der Waals surface area contributed by atoms with Gasteiger partial charge < -0.3 is 10.2 Å². The zero-order valence-corrected chi connectivity index (χ0v) is 13.3. The number of carbonyl (C=O) groups excluding carboxylic acids is 1. The van der Waals surface area contributed by atoms with Gasteiger partial charge in [0.25, 0.3) is 5.69 Å². The van der Waals surface area contributed by atoms with Gasteiger partial charge in [0.2, 0.25) is 5.91 Å². The first kappa shape index (κ1) is 16.1. The zero-order valence-electron chi connectivity index (χ0n) is 13.3. The highest BCUT2D eigenvalue weighted by Gasteiger charge is 2.21. The Morgan fingerprint density at radius 3 is 2.75 bits per heavy atom. The number of amides is 1. The van der Waals surface area contributed by atoms with Crippen LogP contribution in [0.2, 0.25) is 0 Å². The van der Waals surface area contributed by atoms with Gasteiger partial charge in [0.1, 0.15) is 0 Å². The van der Waals surface area contributed by atoms with Gasteiger partial charge in [0.15, 0.2) is 0 Å². The fourth-order valence-electron chi connectivity index (χ4n) is 3.03. The van der Waals surface area contributed by atoms with E-state index in [9.17, 15) is 14.9 Å². The number of nitrogens with one attached hydrogen (secondary N) is 1. The number of benzene rings is 2. The summed E-state index contributed by atoms with van der Waals surface area (Å²) < 4.78 is 0. The molecule has 1 heterocycles. The summed E-state index contributed by atoms with van der Waals surface area (Å²) in [5.74, 6) is -0.0132.